The predicted molar refractivity (Wildman–Crippen MR) is 106 cm³/mol. The molecule has 2 amide bonds. The van der Waals surface area contributed by atoms with Gasteiger partial charge in [0.1, 0.15) is 18.0 Å². The summed E-state index contributed by atoms with van der Waals surface area (Å²) in [4.78, 5) is 27.0. The van der Waals surface area contributed by atoms with Crippen LogP contribution in [0.4, 0.5) is 5.69 Å². The zero-order chi connectivity index (χ0) is 19.8. The lowest BCUT2D eigenvalue weighted by atomic mass is 10.1. The van der Waals surface area contributed by atoms with Crippen molar-refractivity contribution in [2.24, 2.45) is 0 Å². The Kier molecular flexibility index (Phi) is 7.23. The number of amides is 2. The lowest BCUT2D eigenvalue weighted by molar-refractivity contribution is -0.116. The van der Waals surface area contributed by atoms with E-state index in [1.54, 1.807) is 18.2 Å². The summed E-state index contributed by atoms with van der Waals surface area (Å²) in [5, 5.41) is 2.87. The number of methoxy groups -OCH3 is 2. The molecule has 0 atom stereocenters. The summed E-state index contributed by atoms with van der Waals surface area (Å²) in [6.45, 7) is 4.33. The maximum atomic E-state index is 13.0. The first kappa shape index (κ1) is 20.3. The largest absolute Gasteiger partial charge is 0.497 e. The maximum Gasteiger partial charge on any atom is 0.254 e. The molecule has 0 unspecified atom stereocenters. The van der Waals surface area contributed by atoms with Crippen molar-refractivity contribution >= 4 is 17.5 Å². The van der Waals surface area contributed by atoms with E-state index in [2.05, 4.69) is 5.32 Å². The first-order valence-electron chi connectivity index (χ1n) is 8.86. The third-order valence-electron chi connectivity index (χ3n) is 4.13. The highest BCUT2D eigenvalue weighted by atomic mass is 16.5. The molecule has 0 aliphatic heterocycles. The molecule has 27 heavy (non-hydrogen) atoms. The van der Waals surface area contributed by atoms with E-state index in [0.29, 0.717) is 23.6 Å². The maximum absolute atomic E-state index is 13.0. The SMILES string of the molecule is CCCN(CC(=O)Nc1ccccc1C)C(=O)c1cc(OC)cc(OC)c1. The van der Waals surface area contributed by atoms with Gasteiger partial charge in [0, 0.05) is 23.9 Å². The zero-order valence-corrected chi connectivity index (χ0v) is 16.2. The molecule has 0 aromatic heterocycles. The molecule has 2 aromatic rings. The molecule has 0 aliphatic rings. The van der Waals surface area contributed by atoms with Gasteiger partial charge >= 0.3 is 0 Å². The number of ether oxygens (including phenoxy) is 2. The van der Waals surface area contributed by atoms with E-state index >= 15 is 0 Å². The van der Waals surface area contributed by atoms with Crippen molar-refractivity contribution in [1.82, 2.24) is 4.90 Å². The highest BCUT2D eigenvalue weighted by molar-refractivity contribution is 6.00. The summed E-state index contributed by atoms with van der Waals surface area (Å²) in [7, 11) is 3.06. The van der Waals surface area contributed by atoms with Crippen molar-refractivity contribution in [2.75, 3.05) is 32.6 Å². The van der Waals surface area contributed by atoms with E-state index in [1.807, 2.05) is 38.1 Å². The van der Waals surface area contributed by atoms with Gasteiger partial charge in [0.2, 0.25) is 5.91 Å². The molecule has 0 aliphatic carbocycles. The lowest BCUT2D eigenvalue weighted by Gasteiger charge is -2.22. The number of hydrogen-bond acceptors (Lipinski definition) is 4. The van der Waals surface area contributed by atoms with E-state index in [9.17, 15) is 9.59 Å². The number of nitrogens with one attached hydrogen (secondary N) is 1. The van der Waals surface area contributed by atoms with E-state index in [4.69, 9.17) is 9.47 Å². The Morgan fingerprint density at radius 2 is 1.67 bits per heavy atom. The number of hydrogen-bond donors (Lipinski definition) is 1. The average molecular weight is 370 g/mol. The monoisotopic (exact) mass is 370 g/mol. The van der Waals surface area contributed by atoms with Crippen LogP contribution >= 0.6 is 0 Å². The van der Waals surface area contributed by atoms with Gasteiger partial charge in [-0.15, -0.1) is 0 Å². The third-order valence-corrected chi connectivity index (χ3v) is 4.13. The molecule has 2 rings (SSSR count). The lowest BCUT2D eigenvalue weighted by Crippen LogP contribution is -2.38. The Labute approximate surface area is 160 Å². The van der Waals surface area contributed by atoms with Crippen LogP contribution in [-0.2, 0) is 4.79 Å². The standard InChI is InChI=1S/C21H26N2O4/c1-5-10-23(14-20(24)22-19-9-7-6-8-15(19)2)21(25)16-11-17(26-3)13-18(12-16)27-4/h6-9,11-13H,5,10,14H2,1-4H3,(H,22,24). The average Bonchev–Trinajstić information content (AvgIpc) is 2.68. The van der Waals surface area contributed by atoms with Crippen molar-refractivity contribution in [2.45, 2.75) is 20.3 Å². The fraction of sp³-hybridized carbons (Fsp3) is 0.333. The first-order chi connectivity index (χ1) is 13.0. The quantitative estimate of drug-likeness (QED) is 0.772. The number of carbonyl (C=O) groups excluding carboxylic acids is 2. The van der Waals surface area contributed by atoms with E-state index in [0.717, 1.165) is 17.7 Å². The molecule has 1 N–H and O–H groups in total. The Bertz CT molecular complexity index is 782. The molecular weight excluding hydrogens is 344 g/mol. The number of benzene rings is 2. The molecule has 6 nitrogen and oxygen atoms in total. The predicted octanol–water partition coefficient (Wildman–Crippen LogP) is 3.50. The number of rotatable bonds is 8. The molecule has 0 saturated heterocycles. The minimum atomic E-state index is -0.242. The molecule has 6 heteroatoms. The van der Waals surface area contributed by atoms with Gasteiger partial charge in [0.25, 0.3) is 5.91 Å². The van der Waals surface area contributed by atoms with Gasteiger partial charge in [0.05, 0.1) is 14.2 Å². The van der Waals surface area contributed by atoms with E-state index in [-0.39, 0.29) is 18.4 Å². The van der Waals surface area contributed by atoms with Crippen LogP contribution in [-0.4, -0.2) is 44.0 Å². The topological polar surface area (TPSA) is 67.9 Å². The Balaban J connectivity index is 2.17. The summed E-state index contributed by atoms with van der Waals surface area (Å²) in [6, 6.07) is 12.5. The Hall–Kier alpha value is -3.02. The first-order valence-corrected chi connectivity index (χ1v) is 8.86. The van der Waals surface area contributed by atoms with E-state index in [1.165, 1.54) is 19.1 Å². The highest BCUT2D eigenvalue weighted by Gasteiger charge is 2.20. The van der Waals surface area contributed by atoms with Crippen LogP contribution in [0.1, 0.15) is 29.3 Å². The van der Waals surface area contributed by atoms with Gasteiger partial charge in [-0.05, 0) is 37.1 Å². The van der Waals surface area contributed by atoms with Crippen molar-refractivity contribution in [1.29, 1.82) is 0 Å². The minimum absolute atomic E-state index is 0.0272. The van der Waals surface area contributed by atoms with Crippen LogP contribution in [0.2, 0.25) is 0 Å². The second kappa shape index (κ2) is 9.62. The number of anilines is 1. The van der Waals surface area contributed by atoms with Gasteiger partial charge in [-0.25, -0.2) is 0 Å². The molecule has 0 bridgehead atoms. The van der Waals surface area contributed by atoms with Crippen molar-refractivity contribution < 1.29 is 19.1 Å². The van der Waals surface area contributed by atoms with Crippen LogP contribution in [0.25, 0.3) is 0 Å². The van der Waals surface area contributed by atoms with Gasteiger partial charge in [-0.3, -0.25) is 9.59 Å². The fourth-order valence-corrected chi connectivity index (χ4v) is 2.71. The molecule has 0 saturated carbocycles. The molecule has 0 fully saturated rings. The van der Waals surface area contributed by atoms with Crippen LogP contribution < -0.4 is 14.8 Å². The fourth-order valence-electron chi connectivity index (χ4n) is 2.71. The molecule has 0 radical (unpaired) electrons. The number of carbonyl (C=O) groups is 2. The van der Waals surface area contributed by atoms with Gasteiger partial charge in [0.15, 0.2) is 0 Å². The van der Waals surface area contributed by atoms with Crippen LogP contribution in [0.3, 0.4) is 0 Å². The zero-order valence-electron chi connectivity index (χ0n) is 16.2. The van der Waals surface area contributed by atoms with Crippen molar-refractivity contribution in [3.63, 3.8) is 0 Å². The highest BCUT2D eigenvalue weighted by Crippen LogP contribution is 2.23. The number of para-hydroxylation sites is 1. The normalized spacial score (nSPS) is 10.2. The molecule has 0 heterocycles. The number of aryl methyl sites for hydroxylation is 1. The van der Waals surface area contributed by atoms with Gasteiger partial charge in [-0.1, -0.05) is 25.1 Å². The van der Waals surface area contributed by atoms with E-state index < -0.39 is 0 Å². The smallest absolute Gasteiger partial charge is 0.254 e. The summed E-state index contributed by atoms with van der Waals surface area (Å²) in [5.74, 6) is 0.576. The van der Waals surface area contributed by atoms with Gasteiger partial charge in [-0.2, -0.15) is 0 Å². The Morgan fingerprint density at radius 1 is 1.04 bits per heavy atom. The second-order valence-electron chi connectivity index (χ2n) is 6.19. The van der Waals surface area contributed by atoms with Crippen molar-refractivity contribution in [3.8, 4) is 11.5 Å². The van der Waals surface area contributed by atoms with Crippen LogP contribution in [0, 0.1) is 6.92 Å². The third kappa shape index (κ3) is 5.48. The number of nitrogens with zero attached hydrogens (tertiary/aromatic N) is 1. The molecule has 144 valence electrons. The van der Waals surface area contributed by atoms with Crippen molar-refractivity contribution in [3.05, 3.63) is 53.6 Å². The summed E-state index contributed by atoms with van der Waals surface area (Å²) in [6.07, 6.45) is 0.741. The summed E-state index contributed by atoms with van der Waals surface area (Å²) < 4.78 is 10.5. The molecule has 2 aromatic carbocycles. The molecule has 0 spiro atoms. The summed E-state index contributed by atoms with van der Waals surface area (Å²) in [5.41, 5.74) is 2.13. The molecular formula is C21H26N2O4. The van der Waals surface area contributed by atoms with Crippen LogP contribution in [0.15, 0.2) is 42.5 Å². The van der Waals surface area contributed by atoms with Crippen LogP contribution in [0.5, 0.6) is 11.5 Å². The Morgan fingerprint density at radius 3 is 2.22 bits per heavy atom. The van der Waals surface area contributed by atoms with Gasteiger partial charge < -0.3 is 19.7 Å². The minimum Gasteiger partial charge on any atom is -0.497 e. The summed E-state index contributed by atoms with van der Waals surface area (Å²) >= 11 is 0. The second-order valence-corrected chi connectivity index (χ2v) is 6.19.